The summed E-state index contributed by atoms with van der Waals surface area (Å²) in [5, 5.41) is 11.2. The molecule has 122 valence electrons. The van der Waals surface area contributed by atoms with Crippen LogP contribution in [0.3, 0.4) is 0 Å². The first kappa shape index (κ1) is 17.8. The fourth-order valence-electron chi connectivity index (χ4n) is 1.78. The van der Waals surface area contributed by atoms with Crippen molar-refractivity contribution in [1.82, 2.24) is 10.2 Å². The number of hydrogen-bond donors (Lipinski definition) is 2. The van der Waals surface area contributed by atoms with Gasteiger partial charge in [0, 0.05) is 13.6 Å². The molecule has 0 aliphatic heterocycles. The van der Waals surface area contributed by atoms with E-state index in [0.717, 1.165) is 5.75 Å². The Morgan fingerprint density at radius 2 is 1.91 bits per heavy atom. The fraction of sp³-hybridized carbons (Fsp3) is 0.500. The molecule has 0 saturated carbocycles. The number of rotatable bonds is 8. The molecule has 0 unspecified atom stereocenters. The molecule has 0 spiro atoms. The van der Waals surface area contributed by atoms with Crippen LogP contribution in [0.2, 0.25) is 0 Å². The summed E-state index contributed by atoms with van der Waals surface area (Å²) in [4.78, 5) is 23.4. The Bertz CT molecular complexity index is 485. The maximum absolute atomic E-state index is 11.7. The summed E-state index contributed by atoms with van der Waals surface area (Å²) in [6.07, 6.45) is -0.0668. The van der Waals surface area contributed by atoms with Crippen LogP contribution in [-0.2, 0) is 4.79 Å². The van der Waals surface area contributed by atoms with Crippen LogP contribution in [0.1, 0.15) is 31.7 Å². The lowest BCUT2D eigenvalue weighted by molar-refractivity contribution is -0.137. The number of urea groups is 1. The lowest BCUT2D eigenvalue weighted by Gasteiger charge is -2.17. The van der Waals surface area contributed by atoms with Crippen molar-refractivity contribution in [3.8, 4) is 5.75 Å². The first-order valence-electron chi connectivity index (χ1n) is 7.33. The monoisotopic (exact) mass is 308 g/mol. The van der Waals surface area contributed by atoms with E-state index in [1.165, 1.54) is 10.5 Å². The van der Waals surface area contributed by atoms with E-state index in [1.54, 1.807) is 7.05 Å². The highest BCUT2D eigenvalue weighted by molar-refractivity contribution is 5.74. The number of ether oxygens (including phenoxy) is 1. The maximum atomic E-state index is 11.7. The summed E-state index contributed by atoms with van der Waals surface area (Å²) in [7, 11) is 1.56. The average molecular weight is 308 g/mol. The summed E-state index contributed by atoms with van der Waals surface area (Å²) >= 11 is 0. The van der Waals surface area contributed by atoms with Crippen LogP contribution in [0.25, 0.3) is 0 Å². The van der Waals surface area contributed by atoms with E-state index < -0.39 is 5.97 Å². The number of nitrogens with zero attached hydrogens (tertiary/aromatic N) is 1. The second-order valence-electron chi connectivity index (χ2n) is 5.37. The van der Waals surface area contributed by atoms with Crippen LogP contribution in [0.15, 0.2) is 24.3 Å². The molecular formula is C16H24N2O4. The molecule has 0 bridgehead atoms. The predicted molar refractivity (Wildman–Crippen MR) is 84.3 cm³/mol. The molecule has 0 radical (unpaired) electrons. The number of carbonyl (C=O) groups is 2. The smallest absolute Gasteiger partial charge is 0.317 e. The Labute approximate surface area is 131 Å². The first-order valence-corrected chi connectivity index (χ1v) is 7.33. The minimum absolute atomic E-state index is 0.0668. The van der Waals surface area contributed by atoms with E-state index >= 15 is 0 Å². The minimum Gasteiger partial charge on any atom is -0.492 e. The van der Waals surface area contributed by atoms with E-state index in [2.05, 4.69) is 19.2 Å². The van der Waals surface area contributed by atoms with Gasteiger partial charge in [-0.25, -0.2) is 4.79 Å². The first-order chi connectivity index (χ1) is 10.4. The highest BCUT2D eigenvalue weighted by atomic mass is 16.5. The van der Waals surface area contributed by atoms with Gasteiger partial charge >= 0.3 is 12.0 Å². The average Bonchev–Trinajstić information content (AvgIpc) is 2.49. The highest BCUT2D eigenvalue weighted by Gasteiger charge is 2.09. The van der Waals surface area contributed by atoms with Crippen molar-refractivity contribution < 1.29 is 19.4 Å². The zero-order valence-corrected chi connectivity index (χ0v) is 13.3. The summed E-state index contributed by atoms with van der Waals surface area (Å²) in [6, 6.07) is 7.57. The Morgan fingerprint density at radius 1 is 1.27 bits per heavy atom. The molecule has 0 aliphatic carbocycles. The molecule has 0 aliphatic rings. The summed E-state index contributed by atoms with van der Waals surface area (Å²) < 4.78 is 5.54. The van der Waals surface area contributed by atoms with Crippen LogP contribution < -0.4 is 10.1 Å². The molecule has 2 amide bonds. The molecule has 0 aromatic heterocycles. The third kappa shape index (κ3) is 6.47. The van der Waals surface area contributed by atoms with Gasteiger partial charge in [0.1, 0.15) is 12.4 Å². The van der Waals surface area contributed by atoms with Crippen LogP contribution in [0.5, 0.6) is 5.75 Å². The number of nitrogens with one attached hydrogen (secondary N) is 1. The molecule has 1 rings (SSSR count). The van der Waals surface area contributed by atoms with Crippen molar-refractivity contribution in [1.29, 1.82) is 0 Å². The van der Waals surface area contributed by atoms with Gasteiger partial charge in [-0.3, -0.25) is 4.79 Å². The molecule has 6 heteroatoms. The largest absolute Gasteiger partial charge is 0.492 e. The van der Waals surface area contributed by atoms with Gasteiger partial charge in [-0.1, -0.05) is 26.0 Å². The lowest BCUT2D eigenvalue weighted by Crippen LogP contribution is -2.40. The summed E-state index contributed by atoms with van der Waals surface area (Å²) in [5.41, 5.74) is 1.25. The number of carboxylic acid groups (broad SMARTS) is 1. The third-order valence-corrected chi connectivity index (χ3v) is 3.20. The molecule has 1 aromatic rings. The van der Waals surface area contributed by atoms with Gasteiger partial charge in [0.05, 0.1) is 13.0 Å². The van der Waals surface area contributed by atoms with E-state index in [0.29, 0.717) is 19.1 Å². The number of aliphatic carboxylic acids is 1. The van der Waals surface area contributed by atoms with Gasteiger partial charge in [-0.05, 0) is 23.6 Å². The lowest BCUT2D eigenvalue weighted by atomic mass is 10.0. The van der Waals surface area contributed by atoms with E-state index in [1.807, 2.05) is 24.3 Å². The molecule has 0 saturated heterocycles. The second-order valence-corrected chi connectivity index (χ2v) is 5.37. The molecule has 2 N–H and O–H groups in total. The Kier molecular flexibility index (Phi) is 7.22. The molecule has 6 nitrogen and oxygen atoms in total. The van der Waals surface area contributed by atoms with Gasteiger partial charge in [0.15, 0.2) is 0 Å². The maximum Gasteiger partial charge on any atom is 0.317 e. The Balaban J connectivity index is 2.24. The van der Waals surface area contributed by atoms with Gasteiger partial charge in [0.25, 0.3) is 0 Å². The SMILES string of the molecule is CC(C)c1ccc(OCCNC(=O)N(C)CCC(=O)O)cc1. The van der Waals surface area contributed by atoms with Gasteiger partial charge in [-0.15, -0.1) is 0 Å². The van der Waals surface area contributed by atoms with Crippen molar-refractivity contribution in [2.45, 2.75) is 26.2 Å². The van der Waals surface area contributed by atoms with Crippen LogP contribution >= 0.6 is 0 Å². The zero-order chi connectivity index (χ0) is 16.5. The zero-order valence-electron chi connectivity index (χ0n) is 13.3. The standard InChI is InChI=1S/C16H24N2O4/c1-12(2)13-4-6-14(7-5-13)22-11-9-17-16(21)18(3)10-8-15(19)20/h4-7,12H,8-11H2,1-3H3,(H,17,21)(H,19,20). The molecule has 0 atom stereocenters. The molecular weight excluding hydrogens is 284 g/mol. The van der Waals surface area contributed by atoms with Crippen molar-refractivity contribution >= 4 is 12.0 Å². The van der Waals surface area contributed by atoms with Crippen LogP contribution in [-0.4, -0.2) is 48.8 Å². The Morgan fingerprint density at radius 3 is 2.45 bits per heavy atom. The van der Waals surface area contributed by atoms with Crippen molar-refractivity contribution in [2.75, 3.05) is 26.7 Å². The van der Waals surface area contributed by atoms with E-state index in [4.69, 9.17) is 9.84 Å². The normalized spacial score (nSPS) is 10.4. The second kappa shape index (κ2) is 8.92. The highest BCUT2D eigenvalue weighted by Crippen LogP contribution is 2.18. The molecule has 0 heterocycles. The van der Waals surface area contributed by atoms with Gasteiger partial charge < -0.3 is 20.1 Å². The Hall–Kier alpha value is -2.24. The fourth-order valence-corrected chi connectivity index (χ4v) is 1.78. The van der Waals surface area contributed by atoms with Gasteiger partial charge in [0.2, 0.25) is 0 Å². The third-order valence-electron chi connectivity index (χ3n) is 3.20. The topological polar surface area (TPSA) is 78.9 Å². The number of carbonyl (C=O) groups excluding carboxylic acids is 1. The number of amides is 2. The minimum atomic E-state index is -0.923. The molecule has 0 fully saturated rings. The number of hydrogen-bond acceptors (Lipinski definition) is 3. The number of benzene rings is 1. The van der Waals surface area contributed by atoms with Crippen molar-refractivity contribution in [3.05, 3.63) is 29.8 Å². The number of carboxylic acids is 1. The quantitative estimate of drug-likeness (QED) is 0.722. The van der Waals surface area contributed by atoms with E-state index in [-0.39, 0.29) is 19.0 Å². The summed E-state index contributed by atoms with van der Waals surface area (Å²) in [6.45, 7) is 5.17. The predicted octanol–water partition coefficient (Wildman–Crippen LogP) is 2.30. The van der Waals surface area contributed by atoms with Crippen molar-refractivity contribution in [3.63, 3.8) is 0 Å². The van der Waals surface area contributed by atoms with Crippen molar-refractivity contribution in [2.24, 2.45) is 0 Å². The molecule has 22 heavy (non-hydrogen) atoms. The molecule has 1 aromatic carbocycles. The van der Waals surface area contributed by atoms with Crippen LogP contribution in [0.4, 0.5) is 4.79 Å². The van der Waals surface area contributed by atoms with E-state index in [9.17, 15) is 9.59 Å². The van der Waals surface area contributed by atoms with Crippen LogP contribution in [0, 0.1) is 0 Å². The summed E-state index contributed by atoms with van der Waals surface area (Å²) in [5.74, 6) is 0.320. The van der Waals surface area contributed by atoms with Gasteiger partial charge in [-0.2, -0.15) is 0 Å².